The van der Waals surface area contributed by atoms with E-state index in [1.54, 1.807) is 42.4 Å². The van der Waals surface area contributed by atoms with Gasteiger partial charge in [-0.05, 0) is 60.4 Å². The summed E-state index contributed by atoms with van der Waals surface area (Å²) < 4.78 is 35.2. The van der Waals surface area contributed by atoms with Gasteiger partial charge < -0.3 is 14.4 Å². The van der Waals surface area contributed by atoms with Gasteiger partial charge >= 0.3 is 6.61 Å². The highest BCUT2D eigenvalue weighted by atomic mass is 19.3. The summed E-state index contributed by atoms with van der Waals surface area (Å²) in [7, 11) is 0. The zero-order chi connectivity index (χ0) is 23.6. The van der Waals surface area contributed by atoms with Gasteiger partial charge in [0, 0.05) is 31.6 Å². The van der Waals surface area contributed by atoms with Gasteiger partial charge in [0.15, 0.2) is 11.5 Å². The molecule has 0 aliphatic rings. The number of amides is 1. The van der Waals surface area contributed by atoms with Crippen LogP contribution in [0.15, 0.2) is 73.1 Å². The van der Waals surface area contributed by atoms with Crippen LogP contribution in [0, 0.1) is 6.92 Å². The van der Waals surface area contributed by atoms with Gasteiger partial charge in [0.1, 0.15) is 0 Å². The van der Waals surface area contributed by atoms with Crippen molar-refractivity contribution < 1.29 is 23.0 Å². The van der Waals surface area contributed by atoms with E-state index in [1.807, 2.05) is 43.3 Å². The zero-order valence-corrected chi connectivity index (χ0v) is 18.6. The van der Waals surface area contributed by atoms with Gasteiger partial charge in [0.2, 0.25) is 5.91 Å². The smallest absolute Gasteiger partial charge is 0.387 e. The van der Waals surface area contributed by atoms with Crippen LogP contribution in [-0.2, 0) is 17.9 Å². The molecule has 0 spiro atoms. The van der Waals surface area contributed by atoms with Gasteiger partial charge in [-0.3, -0.25) is 9.78 Å². The second-order valence-electron chi connectivity index (χ2n) is 7.33. The SMILES string of the molecule is CCOc1cc(/C=C/C(=O)N(Cc2cccnc2)Cc2ccccc2C)ccc1OC(F)F. The lowest BCUT2D eigenvalue weighted by Gasteiger charge is -2.22. The maximum Gasteiger partial charge on any atom is 0.387 e. The topological polar surface area (TPSA) is 51.7 Å². The monoisotopic (exact) mass is 452 g/mol. The molecule has 7 heteroatoms. The average Bonchev–Trinajstić information content (AvgIpc) is 2.80. The molecule has 0 unspecified atom stereocenters. The highest BCUT2D eigenvalue weighted by Gasteiger charge is 2.15. The molecular weight excluding hydrogens is 426 g/mol. The summed E-state index contributed by atoms with van der Waals surface area (Å²) in [4.78, 5) is 19.0. The number of ether oxygens (including phenoxy) is 2. The summed E-state index contributed by atoms with van der Waals surface area (Å²) in [5, 5.41) is 0. The molecule has 1 amide bonds. The number of halogens is 2. The third-order valence-corrected chi connectivity index (χ3v) is 4.93. The lowest BCUT2D eigenvalue weighted by atomic mass is 10.1. The Kier molecular flexibility index (Phi) is 8.52. The van der Waals surface area contributed by atoms with Crippen molar-refractivity contribution in [2.24, 2.45) is 0 Å². The number of hydrogen-bond donors (Lipinski definition) is 0. The quantitative estimate of drug-likeness (QED) is 0.374. The van der Waals surface area contributed by atoms with E-state index in [0.717, 1.165) is 16.7 Å². The third kappa shape index (κ3) is 7.14. The van der Waals surface area contributed by atoms with E-state index in [0.29, 0.717) is 25.3 Å². The van der Waals surface area contributed by atoms with Crippen molar-refractivity contribution >= 4 is 12.0 Å². The number of hydrogen-bond acceptors (Lipinski definition) is 4. The van der Waals surface area contributed by atoms with Crippen LogP contribution in [0.2, 0.25) is 0 Å². The normalized spacial score (nSPS) is 11.1. The van der Waals surface area contributed by atoms with Gasteiger partial charge in [0.25, 0.3) is 0 Å². The maximum absolute atomic E-state index is 13.1. The Morgan fingerprint density at radius 1 is 1.09 bits per heavy atom. The Labute approximate surface area is 192 Å². The van der Waals surface area contributed by atoms with Crippen molar-refractivity contribution in [3.8, 4) is 11.5 Å². The summed E-state index contributed by atoms with van der Waals surface area (Å²) in [6.07, 6.45) is 6.52. The molecule has 0 aliphatic carbocycles. The number of alkyl halides is 2. The predicted molar refractivity (Wildman–Crippen MR) is 123 cm³/mol. The molecule has 5 nitrogen and oxygen atoms in total. The predicted octanol–water partition coefficient (Wildman–Crippen LogP) is 5.63. The van der Waals surface area contributed by atoms with E-state index in [1.165, 1.54) is 12.1 Å². The minimum Gasteiger partial charge on any atom is -0.490 e. The van der Waals surface area contributed by atoms with Crippen molar-refractivity contribution in [2.45, 2.75) is 33.5 Å². The van der Waals surface area contributed by atoms with E-state index < -0.39 is 6.61 Å². The molecule has 0 fully saturated rings. The van der Waals surface area contributed by atoms with Crippen LogP contribution in [0.5, 0.6) is 11.5 Å². The molecule has 0 saturated heterocycles. The van der Waals surface area contributed by atoms with Crippen LogP contribution in [-0.4, -0.2) is 29.0 Å². The highest BCUT2D eigenvalue weighted by molar-refractivity contribution is 5.91. The lowest BCUT2D eigenvalue weighted by molar-refractivity contribution is -0.127. The Bertz CT molecular complexity index is 1090. The molecule has 33 heavy (non-hydrogen) atoms. The molecule has 3 rings (SSSR count). The van der Waals surface area contributed by atoms with Crippen molar-refractivity contribution in [2.75, 3.05) is 6.61 Å². The molecule has 1 heterocycles. The third-order valence-electron chi connectivity index (χ3n) is 4.93. The van der Waals surface area contributed by atoms with Crippen LogP contribution in [0.3, 0.4) is 0 Å². The van der Waals surface area contributed by atoms with E-state index in [4.69, 9.17) is 4.74 Å². The summed E-state index contributed by atoms with van der Waals surface area (Å²) in [6, 6.07) is 16.2. The first-order valence-corrected chi connectivity index (χ1v) is 10.6. The largest absolute Gasteiger partial charge is 0.490 e. The standard InChI is InChI=1S/C26H26F2N2O3/c1-3-32-24-15-20(10-12-23(24)33-26(27)28)11-13-25(31)30(17-21-8-6-14-29-16-21)18-22-9-5-4-7-19(22)2/h4-16,26H,3,17-18H2,1-2H3/b13-11+. The fourth-order valence-corrected chi connectivity index (χ4v) is 3.28. The van der Waals surface area contributed by atoms with Gasteiger partial charge in [0.05, 0.1) is 6.61 Å². The number of carbonyl (C=O) groups excluding carboxylic acids is 1. The van der Waals surface area contributed by atoms with Gasteiger partial charge in [-0.25, -0.2) is 0 Å². The molecule has 3 aromatic rings. The molecule has 2 aromatic carbocycles. The van der Waals surface area contributed by atoms with Crippen molar-refractivity contribution in [3.05, 3.63) is 95.3 Å². The number of aromatic nitrogens is 1. The van der Waals surface area contributed by atoms with Crippen molar-refractivity contribution in [1.29, 1.82) is 0 Å². The van der Waals surface area contributed by atoms with E-state index in [-0.39, 0.29) is 17.4 Å². The molecule has 0 saturated carbocycles. The summed E-state index contributed by atoms with van der Waals surface area (Å²) in [5.74, 6) is -0.0411. The number of aryl methyl sites for hydroxylation is 1. The van der Waals surface area contributed by atoms with Gasteiger partial charge in [-0.15, -0.1) is 0 Å². The number of benzene rings is 2. The second-order valence-corrected chi connectivity index (χ2v) is 7.33. The van der Waals surface area contributed by atoms with Crippen LogP contribution >= 0.6 is 0 Å². The van der Waals surface area contributed by atoms with Crippen LogP contribution in [0.1, 0.15) is 29.2 Å². The second kappa shape index (κ2) is 11.8. The minimum atomic E-state index is -2.95. The van der Waals surface area contributed by atoms with Gasteiger partial charge in [-0.1, -0.05) is 36.4 Å². The molecule has 0 bridgehead atoms. The van der Waals surface area contributed by atoms with Crippen molar-refractivity contribution in [3.63, 3.8) is 0 Å². The van der Waals surface area contributed by atoms with Crippen LogP contribution in [0.4, 0.5) is 8.78 Å². The molecule has 0 N–H and O–H groups in total. The number of nitrogens with zero attached hydrogens (tertiary/aromatic N) is 2. The number of rotatable bonds is 10. The first-order valence-electron chi connectivity index (χ1n) is 10.6. The Hall–Kier alpha value is -3.74. The molecule has 0 atom stereocenters. The number of pyridine rings is 1. The summed E-state index contributed by atoms with van der Waals surface area (Å²) in [5.41, 5.74) is 3.70. The van der Waals surface area contributed by atoms with Crippen LogP contribution < -0.4 is 9.47 Å². The lowest BCUT2D eigenvalue weighted by Crippen LogP contribution is -2.28. The fourth-order valence-electron chi connectivity index (χ4n) is 3.28. The summed E-state index contributed by atoms with van der Waals surface area (Å²) >= 11 is 0. The van der Waals surface area contributed by atoms with Crippen LogP contribution in [0.25, 0.3) is 6.08 Å². The first kappa shape index (κ1) is 23.9. The zero-order valence-electron chi connectivity index (χ0n) is 18.6. The molecule has 0 aliphatic heterocycles. The van der Waals surface area contributed by atoms with Gasteiger partial charge in [-0.2, -0.15) is 8.78 Å². The molecule has 0 radical (unpaired) electrons. The first-order chi connectivity index (χ1) is 16.0. The molecule has 1 aromatic heterocycles. The Morgan fingerprint density at radius 3 is 2.61 bits per heavy atom. The average molecular weight is 453 g/mol. The maximum atomic E-state index is 13.1. The van der Waals surface area contributed by atoms with Crippen molar-refractivity contribution in [1.82, 2.24) is 9.88 Å². The summed E-state index contributed by atoms with van der Waals surface area (Å²) in [6.45, 7) is 1.94. The molecular formula is C26H26F2N2O3. The molecule has 172 valence electrons. The Balaban J connectivity index is 1.82. The minimum absolute atomic E-state index is 0.0481. The number of carbonyl (C=O) groups is 1. The fraction of sp³-hybridized carbons (Fsp3) is 0.231. The van der Waals surface area contributed by atoms with E-state index in [2.05, 4.69) is 9.72 Å². The van der Waals surface area contributed by atoms with E-state index in [9.17, 15) is 13.6 Å². The van der Waals surface area contributed by atoms with E-state index >= 15 is 0 Å². The Morgan fingerprint density at radius 2 is 1.91 bits per heavy atom. The highest BCUT2D eigenvalue weighted by Crippen LogP contribution is 2.30.